The first-order valence-corrected chi connectivity index (χ1v) is 15.2. The van der Waals surface area contributed by atoms with Crippen LogP contribution >= 0.6 is 32.2 Å². The number of piperidine rings is 1. The third-order valence-corrected chi connectivity index (χ3v) is 6.73. The molecule has 13 nitrogen and oxygen atoms in total. The van der Waals surface area contributed by atoms with Crippen LogP contribution in [0.15, 0.2) is 29.6 Å². The second-order valence-corrected chi connectivity index (χ2v) is 13.0. The maximum Gasteiger partial charge on any atom is 0.313 e. The van der Waals surface area contributed by atoms with Crippen LogP contribution in [-0.2, 0) is 32.9 Å². The lowest BCUT2D eigenvalue weighted by atomic mass is 9.98. The number of benzene rings is 1. The summed E-state index contributed by atoms with van der Waals surface area (Å²) in [4.78, 5) is 47.3. The quantitative estimate of drug-likeness (QED) is 0.0570. The molecule has 1 aliphatic heterocycles. The fourth-order valence-electron chi connectivity index (χ4n) is 3.12. The Labute approximate surface area is 269 Å². The van der Waals surface area contributed by atoms with Gasteiger partial charge in [-0.3, -0.25) is 28.2 Å². The van der Waals surface area contributed by atoms with E-state index >= 15 is 0 Å². The van der Waals surface area contributed by atoms with Gasteiger partial charge in [-0.25, -0.2) is 0 Å². The van der Waals surface area contributed by atoms with Gasteiger partial charge in [0.15, 0.2) is 22.6 Å². The number of ether oxygens (including phenoxy) is 2. The predicted molar refractivity (Wildman–Crippen MR) is 169 cm³/mol. The van der Waals surface area contributed by atoms with E-state index in [1.807, 2.05) is 0 Å². The number of esters is 2. The van der Waals surface area contributed by atoms with Crippen LogP contribution in [0.1, 0.15) is 64.7 Å². The van der Waals surface area contributed by atoms with Gasteiger partial charge in [0.2, 0.25) is 0 Å². The van der Waals surface area contributed by atoms with Gasteiger partial charge >= 0.3 is 11.9 Å². The lowest BCUT2D eigenvalue weighted by Gasteiger charge is -2.24. The molecule has 44 heavy (non-hydrogen) atoms. The molecule has 1 aliphatic rings. The van der Waals surface area contributed by atoms with Crippen LogP contribution in [0.5, 0.6) is 0 Å². The molecule has 2 rings (SSSR count). The lowest BCUT2D eigenvalue weighted by molar-refractivity contribution is -0.160. The molecule has 1 saturated heterocycles. The smallest absolute Gasteiger partial charge is 0.313 e. The zero-order valence-electron chi connectivity index (χ0n) is 25.7. The van der Waals surface area contributed by atoms with E-state index < -0.39 is 22.6 Å². The molecule has 1 heterocycles. The molecule has 1 aromatic carbocycles. The Morgan fingerprint density at radius 3 is 1.89 bits per heavy atom. The summed E-state index contributed by atoms with van der Waals surface area (Å²) in [7, 11) is -0.356. The minimum absolute atomic E-state index is 0.00741. The van der Waals surface area contributed by atoms with E-state index in [2.05, 4.69) is 16.0 Å². The van der Waals surface area contributed by atoms with Crippen molar-refractivity contribution in [3.05, 3.63) is 45.2 Å². The average Bonchev–Trinajstić information content (AvgIpc) is 2.94. The predicted octanol–water partition coefficient (Wildman–Crippen LogP) is 4.03. The van der Waals surface area contributed by atoms with Gasteiger partial charge in [-0.2, -0.15) is 0 Å². The minimum atomic E-state index is -0.647. The van der Waals surface area contributed by atoms with Gasteiger partial charge in [0.05, 0.1) is 32.1 Å². The molecule has 6 N–H and O–H groups in total. The average molecular weight is 679 g/mol. The number of hydrogen-bond acceptors (Lipinski definition) is 11. The Morgan fingerprint density at radius 1 is 0.977 bits per heavy atom. The van der Waals surface area contributed by atoms with Crippen LogP contribution in [-0.4, -0.2) is 62.7 Å². The number of nitrogens with two attached hydrogens (primary N) is 1. The second-order valence-electron chi connectivity index (χ2n) is 11.5. The van der Waals surface area contributed by atoms with E-state index in [9.17, 15) is 19.2 Å². The van der Waals surface area contributed by atoms with E-state index in [1.54, 1.807) is 47.6 Å². The molecular formula is C28H42Cl2N5O8P. The first-order valence-electron chi connectivity index (χ1n) is 13.6. The molecule has 1 fully saturated rings. The van der Waals surface area contributed by atoms with Crippen molar-refractivity contribution < 1.29 is 37.7 Å². The van der Waals surface area contributed by atoms with Crippen molar-refractivity contribution in [2.24, 2.45) is 16.6 Å². The monoisotopic (exact) mass is 677 g/mol. The number of carbonyl (C=O) groups is 4. The number of nitrogens with one attached hydrogen (secondary N) is 4. The minimum Gasteiger partial charge on any atom is -0.438 e. The number of hydrogen-bond donors (Lipinski definition) is 5. The number of allylic oxidation sites excluding steroid dienone is 1. The van der Waals surface area contributed by atoms with Crippen LogP contribution in [0.2, 0.25) is 10.0 Å². The lowest BCUT2D eigenvalue weighted by Crippen LogP contribution is -2.45. The van der Waals surface area contributed by atoms with Gasteiger partial charge in [0.25, 0.3) is 11.8 Å². The highest BCUT2D eigenvalue weighted by Crippen LogP contribution is 2.24. The highest BCUT2D eigenvalue weighted by molar-refractivity contribution is 7.26. The van der Waals surface area contributed by atoms with Crippen LogP contribution in [0.4, 0.5) is 0 Å². The molecule has 0 radical (unpaired) electrons. The Hall–Kier alpha value is -2.80. The summed E-state index contributed by atoms with van der Waals surface area (Å²) in [6, 6.07) is 4.65. The number of rotatable bonds is 11. The summed E-state index contributed by atoms with van der Waals surface area (Å²) >= 11 is 12.0. The summed E-state index contributed by atoms with van der Waals surface area (Å²) in [6.45, 7) is 11.8. The van der Waals surface area contributed by atoms with Crippen molar-refractivity contribution in [2.45, 2.75) is 60.4 Å². The maximum absolute atomic E-state index is 12.4. The van der Waals surface area contributed by atoms with Crippen molar-refractivity contribution in [3.8, 4) is 0 Å². The van der Waals surface area contributed by atoms with Crippen LogP contribution in [0.25, 0.3) is 0 Å². The van der Waals surface area contributed by atoms with Gasteiger partial charge in [-0.1, -0.05) is 29.3 Å². The molecule has 0 spiro atoms. The molecule has 0 saturated carbocycles. The third kappa shape index (κ3) is 14.3. The van der Waals surface area contributed by atoms with E-state index in [0.717, 1.165) is 32.1 Å². The summed E-state index contributed by atoms with van der Waals surface area (Å²) in [5.74, 6) is -1.88. The van der Waals surface area contributed by atoms with Gasteiger partial charge in [0, 0.05) is 12.3 Å². The summed E-state index contributed by atoms with van der Waals surface area (Å²) in [5, 5.41) is 16.2. The first kappa shape index (κ1) is 39.2. The van der Waals surface area contributed by atoms with Crippen LogP contribution < -0.4 is 21.7 Å². The summed E-state index contributed by atoms with van der Waals surface area (Å²) in [5.41, 5.74) is 4.38. The Bertz CT molecular complexity index is 1150. The maximum atomic E-state index is 12.4. The van der Waals surface area contributed by atoms with Crippen LogP contribution in [0, 0.1) is 16.2 Å². The normalized spacial score (nSPS) is 14.3. The van der Waals surface area contributed by atoms with E-state index in [1.165, 1.54) is 12.1 Å². The molecular weight excluding hydrogens is 636 g/mol. The van der Waals surface area contributed by atoms with Crippen molar-refractivity contribution in [1.82, 2.24) is 16.0 Å². The Morgan fingerprint density at radius 2 is 1.45 bits per heavy atom. The van der Waals surface area contributed by atoms with Crippen molar-refractivity contribution >= 4 is 62.2 Å². The number of carbonyl (C=O) groups excluding carboxylic acids is 4. The van der Waals surface area contributed by atoms with E-state index in [-0.39, 0.29) is 67.6 Å². The summed E-state index contributed by atoms with van der Waals surface area (Å²) in [6.07, 6.45) is 2.39. The van der Waals surface area contributed by atoms with Crippen molar-refractivity contribution in [1.29, 1.82) is 5.41 Å². The van der Waals surface area contributed by atoms with Crippen molar-refractivity contribution in [2.75, 3.05) is 26.7 Å². The molecule has 0 aliphatic carbocycles. The number of halogens is 2. The van der Waals surface area contributed by atoms with E-state index in [4.69, 9.17) is 52.9 Å². The molecule has 246 valence electrons. The zero-order valence-corrected chi connectivity index (χ0v) is 28.2. The van der Waals surface area contributed by atoms with Gasteiger partial charge in [0.1, 0.15) is 5.70 Å². The first-order chi connectivity index (χ1) is 20.5. The molecule has 0 unspecified atom stereocenters. The topological polar surface area (TPSA) is 191 Å². The molecule has 0 aromatic heterocycles. The molecule has 2 amide bonds. The SMILES string of the molecule is CC(C)(C)C(=O)OCOPOCOC(=O)C(C)(C)C.N=C/C(NC(=O)c1c(Cl)cccc1Cl)=C(\N)C(=O)NC1CCNCC1. The third-order valence-electron chi connectivity index (χ3n) is 5.63. The Balaban J connectivity index is 0.000000459. The summed E-state index contributed by atoms with van der Waals surface area (Å²) < 4.78 is 19.6. The van der Waals surface area contributed by atoms with Gasteiger partial charge in [-0.05, 0) is 79.6 Å². The van der Waals surface area contributed by atoms with Gasteiger partial charge < -0.3 is 36.6 Å². The molecule has 16 heteroatoms. The molecule has 0 bridgehead atoms. The highest BCUT2D eigenvalue weighted by Gasteiger charge is 2.24. The highest BCUT2D eigenvalue weighted by atomic mass is 35.5. The molecule has 0 atom stereocenters. The second kappa shape index (κ2) is 18.9. The van der Waals surface area contributed by atoms with Crippen LogP contribution in [0.3, 0.4) is 0 Å². The Kier molecular flexibility index (Phi) is 16.8. The number of amides is 2. The zero-order chi connectivity index (χ0) is 33.5. The fraction of sp³-hybridized carbons (Fsp3) is 0.536. The van der Waals surface area contributed by atoms with Crippen molar-refractivity contribution in [3.63, 3.8) is 0 Å². The van der Waals surface area contributed by atoms with Gasteiger partial charge in [-0.15, -0.1) is 0 Å². The fourth-order valence-corrected chi connectivity index (χ4v) is 3.99. The standard InChI is InChI=1S/C16H19Cl2N5O2.C12H23O6P/c17-10-2-1-3-11(18)13(10)15(24)23-12(8-19)14(20)16(25)22-9-4-6-21-7-5-9;1-11(2,3)9(13)15-7-17-19-18-8-16-10(14)12(4,5)6/h1-3,8-9,19,21H,4-7,20H2,(H,22,25)(H,23,24);19H,7-8H2,1-6H3/b14-12+,19-8?;. The molecule has 1 aromatic rings. The van der Waals surface area contributed by atoms with E-state index in [0.29, 0.717) is 0 Å². The largest absolute Gasteiger partial charge is 0.438 e.